The van der Waals surface area contributed by atoms with E-state index in [1.165, 1.54) is 11.9 Å². The van der Waals surface area contributed by atoms with Gasteiger partial charge in [-0.05, 0) is 47.9 Å². The Hall–Kier alpha value is -3.87. The molecule has 7 heteroatoms. The minimum Gasteiger partial charge on any atom is -0.482 e. The van der Waals surface area contributed by atoms with Gasteiger partial charge in [-0.15, -0.1) is 0 Å². The van der Waals surface area contributed by atoms with E-state index in [1.807, 2.05) is 68.4 Å². The molecule has 0 unspecified atom stereocenters. The Morgan fingerprint density at radius 2 is 1.56 bits per heavy atom. The molecule has 0 aromatic heterocycles. The fraction of sp³-hybridized carbons (Fsp3) is 0.240. The molecule has 0 fully saturated rings. The van der Waals surface area contributed by atoms with Crippen LogP contribution in [0.5, 0.6) is 5.75 Å². The number of esters is 1. The topological polar surface area (TPSA) is 84.9 Å². The maximum atomic E-state index is 12.3. The number of hydrogen-bond acceptors (Lipinski definition) is 5. The molecule has 0 bridgehead atoms. The fourth-order valence-electron chi connectivity index (χ4n) is 3.19. The molecule has 3 aromatic rings. The summed E-state index contributed by atoms with van der Waals surface area (Å²) >= 11 is 0. The molecule has 0 radical (unpaired) electrons. The van der Waals surface area contributed by atoms with E-state index < -0.39 is 18.5 Å². The van der Waals surface area contributed by atoms with Gasteiger partial charge in [-0.2, -0.15) is 0 Å². The Morgan fingerprint density at radius 1 is 0.875 bits per heavy atom. The Kier molecular flexibility index (Phi) is 7.44. The van der Waals surface area contributed by atoms with Crippen LogP contribution >= 0.6 is 0 Å². The minimum absolute atomic E-state index is 0.155. The van der Waals surface area contributed by atoms with E-state index in [0.29, 0.717) is 5.75 Å². The molecule has 2 amide bonds. The number of likely N-dealkylation sites (N-methyl/N-ethyl adjacent to an activating group) is 1. The van der Waals surface area contributed by atoms with E-state index in [-0.39, 0.29) is 19.1 Å². The second-order valence-corrected chi connectivity index (χ2v) is 7.52. The Balaban J connectivity index is 1.42. The van der Waals surface area contributed by atoms with Gasteiger partial charge in [0.15, 0.2) is 13.2 Å². The van der Waals surface area contributed by atoms with Crippen molar-refractivity contribution in [3.8, 4) is 5.75 Å². The number of benzene rings is 3. The summed E-state index contributed by atoms with van der Waals surface area (Å²) < 4.78 is 10.4. The van der Waals surface area contributed by atoms with E-state index in [4.69, 9.17) is 9.47 Å². The number of carbonyl (C=O) groups excluding carboxylic acids is 3. The lowest BCUT2D eigenvalue weighted by atomic mass is 10.1. The summed E-state index contributed by atoms with van der Waals surface area (Å²) in [5.41, 5.74) is 2.61. The minimum atomic E-state index is -0.667. The first-order valence-corrected chi connectivity index (χ1v) is 10.2. The lowest BCUT2D eigenvalue weighted by Crippen LogP contribution is -2.38. The smallest absolute Gasteiger partial charge is 0.344 e. The van der Waals surface area contributed by atoms with Crippen molar-refractivity contribution < 1.29 is 23.9 Å². The van der Waals surface area contributed by atoms with E-state index >= 15 is 0 Å². The molecule has 0 spiro atoms. The molecule has 0 saturated heterocycles. The lowest BCUT2D eigenvalue weighted by molar-refractivity contribution is -0.153. The molecular weight excluding hydrogens is 408 g/mol. The quantitative estimate of drug-likeness (QED) is 0.549. The molecule has 0 aliphatic carbocycles. The van der Waals surface area contributed by atoms with Gasteiger partial charge in [-0.1, -0.05) is 48.5 Å². The predicted molar refractivity (Wildman–Crippen MR) is 123 cm³/mol. The number of hydrogen-bond donors (Lipinski definition) is 1. The zero-order valence-corrected chi connectivity index (χ0v) is 18.4. The summed E-state index contributed by atoms with van der Waals surface area (Å²) in [6.07, 6.45) is 0. The highest BCUT2D eigenvalue weighted by Gasteiger charge is 2.16. The number of rotatable bonds is 8. The van der Waals surface area contributed by atoms with Crippen LogP contribution in [0, 0.1) is 13.8 Å². The molecule has 0 aliphatic heterocycles. The number of nitrogens with zero attached hydrogens (tertiary/aromatic N) is 1. The van der Waals surface area contributed by atoms with Crippen molar-refractivity contribution in [1.29, 1.82) is 0 Å². The number of amides is 2. The highest BCUT2D eigenvalue weighted by molar-refractivity contribution is 5.96. The van der Waals surface area contributed by atoms with E-state index in [9.17, 15) is 14.4 Å². The van der Waals surface area contributed by atoms with Crippen LogP contribution in [0.4, 0.5) is 5.69 Å². The number of ether oxygens (including phenoxy) is 2. The summed E-state index contributed by atoms with van der Waals surface area (Å²) in [4.78, 5) is 37.7. The van der Waals surface area contributed by atoms with Crippen LogP contribution in [-0.2, 0) is 19.1 Å². The van der Waals surface area contributed by atoms with Gasteiger partial charge in [0.2, 0.25) is 5.91 Å². The molecule has 166 valence electrons. The summed E-state index contributed by atoms with van der Waals surface area (Å²) in [5, 5.41) is 4.88. The van der Waals surface area contributed by atoms with E-state index in [2.05, 4.69) is 5.32 Å². The molecule has 3 rings (SSSR count). The standard InChI is InChI=1S/C25H26N2O5/c1-17-7-6-8-18(2)25(17)26-22(28)14-27(3)23(29)15-32-24(30)16-31-21-12-11-19-9-4-5-10-20(19)13-21/h4-13H,14-16H2,1-3H3,(H,26,28). The van der Waals surface area contributed by atoms with Crippen LogP contribution in [0.25, 0.3) is 10.8 Å². The molecule has 32 heavy (non-hydrogen) atoms. The van der Waals surface area contributed by atoms with Gasteiger partial charge >= 0.3 is 5.97 Å². The predicted octanol–water partition coefficient (Wildman–Crippen LogP) is 3.48. The maximum absolute atomic E-state index is 12.3. The van der Waals surface area contributed by atoms with Crippen molar-refractivity contribution >= 4 is 34.2 Å². The van der Waals surface area contributed by atoms with Crippen LogP contribution in [0.2, 0.25) is 0 Å². The summed E-state index contributed by atoms with van der Waals surface area (Å²) in [7, 11) is 1.48. The van der Waals surface area contributed by atoms with Gasteiger partial charge in [0.05, 0.1) is 6.54 Å². The van der Waals surface area contributed by atoms with Crippen LogP contribution in [0.3, 0.4) is 0 Å². The molecular formula is C25H26N2O5. The molecule has 7 nitrogen and oxygen atoms in total. The van der Waals surface area contributed by atoms with Gasteiger partial charge < -0.3 is 19.7 Å². The Morgan fingerprint density at radius 3 is 2.28 bits per heavy atom. The van der Waals surface area contributed by atoms with Gasteiger partial charge in [-0.3, -0.25) is 9.59 Å². The fourth-order valence-corrected chi connectivity index (χ4v) is 3.19. The Labute approximate surface area is 186 Å². The second kappa shape index (κ2) is 10.4. The van der Waals surface area contributed by atoms with Gasteiger partial charge in [0, 0.05) is 12.7 Å². The number of carbonyl (C=O) groups is 3. The maximum Gasteiger partial charge on any atom is 0.344 e. The van der Waals surface area contributed by atoms with Gasteiger partial charge in [0.25, 0.3) is 5.91 Å². The average molecular weight is 434 g/mol. The molecule has 3 aromatic carbocycles. The number of anilines is 1. The Bertz CT molecular complexity index is 1120. The normalized spacial score (nSPS) is 10.5. The van der Waals surface area contributed by atoms with Crippen molar-refractivity contribution in [1.82, 2.24) is 4.90 Å². The van der Waals surface area contributed by atoms with Gasteiger partial charge in [-0.25, -0.2) is 4.79 Å². The van der Waals surface area contributed by atoms with Crippen LogP contribution in [0.15, 0.2) is 60.7 Å². The van der Waals surface area contributed by atoms with Crippen molar-refractivity contribution in [2.24, 2.45) is 0 Å². The number of nitrogens with one attached hydrogen (secondary N) is 1. The first-order valence-electron chi connectivity index (χ1n) is 10.2. The third-order valence-corrected chi connectivity index (χ3v) is 4.99. The molecule has 1 N–H and O–H groups in total. The second-order valence-electron chi connectivity index (χ2n) is 7.52. The molecule has 0 saturated carbocycles. The molecule has 0 aliphatic rings. The number of fused-ring (bicyclic) bond motifs is 1. The van der Waals surface area contributed by atoms with Crippen molar-refractivity contribution in [3.63, 3.8) is 0 Å². The largest absolute Gasteiger partial charge is 0.482 e. The SMILES string of the molecule is Cc1cccc(C)c1NC(=O)CN(C)C(=O)COC(=O)COc1ccc2ccccc2c1. The monoisotopic (exact) mass is 434 g/mol. The summed E-state index contributed by atoms with van der Waals surface area (Å²) in [5.74, 6) is -0.947. The first kappa shape index (κ1) is 22.8. The average Bonchev–Trinajstić information content (AvgIpc) is 2.78. The van der Waals surface area contributed by atoms with Crippen LogP contribution in [-0.4, -0.2) is 49.5 Å². The third kappa shape index (κ3) is 6.07. The highest BCUT2D eigenvalue weighted by atomic mass is 16.6. The zero-order chi connectivity index (χ0) is 23.1. The third-order valence-electron chi connectivity index (χ3n) is 4.99. The first-order chi connectivity index (χ1) is 15.3. The highest BCUT2D eigenvalue weighted by Crippen LogP contribution is 2.21. The van der Waals surface area contributed by atoms with Crippen molar-refractivity contribution in [2.45, 2.75) is 13.8 Å². The van der Waals surface area contributed by atoms with E-state index in [0.717, 1.165) is 27.6 Å². The van der Waals surface area contributed by atoms with Gasteiger partial charge in [0.1, 0.15) is 5.75 Å². The van der Waals surface area contributed by atoms with Crippen LogP contribution in [0.1, 0.15) is 11.1 Å². The zero-order valence-electron chi connectivity index (χ0n) is 18.4. The van der Waals surface area contributed by atoms with E-state index in [1.54, 1.807) is 6.07 Å². The summed E-state index contributed by atoms with van der Waals surface area (Å²) in [6, 6.07) is 19.0. The number of aryl methyl sites for hydroxylation is 2. The van der Waals surface area contributed by atoms with Crippen LogP contribution < -0.4 is 10.1 Å². The van der Waals surface area contributed by atoms with Crippen molar-refractivity contribution in [2.75, 3.05) is 32.1 Å². The summed E-state index contributed by atoms with van der Waals surface area (Å²) in [6.45, 7) is 2.86. The molecule has 0 atom stereocenters. The lowest BCUT2D eigenvalue weighted by Gasteiger charge is -2.18. The molecule has 0 heterocycles. The van der Waals surface area contributed by atoms with Crippen molar-refractivity contribution in [3.05, 3.63) is 71.8 Å². The number of para-hydroxylation sites is 1.